The van der Waals surface area contributed by atoms with Crippen molar-refractivity contribution < 1.29 is 14.6 Å². The third-order valence-corrected chi connectivity index (χ3v) is 6.01. The molecule has 0 bridgehead atoms. The van der Waals surface area contributed by atoms with E-state index in [9.17, 15) is 15.2 Å². The monoisotopic (exact) mass is 399 g/mol. The summed E-state index contributed by atoms with van der Waals surface area (Å²) >= 11 is 0. The summed E-state index contributed by atoms with van der Waals surface area (Å²) in [6.07, 6.45) is 4.94. The number of hydrogen-bond acceptors (Lipinski definition) is 4. The molecule has 0 spiro atoms. The van der Waals surface area contributed by atoms with Crippen molar-refractivity contribution in [2.24, 2.45) is 10.8 Å². The van der Waals surface area contributed by atoms with E-state index in [1.807, 2.05) is 59.7 Å². The van der Waals surface area contributed by atoms with Crippen molar-refractivity contribution in [3.8, 4) is 6.07 Å². The molecular formula is C25H37NO3. The lowest BCUT2D eigenvalue weighted by atomic mass is 9.75. The number of carbonyl (C=O) groups is 1. The fourth-order valence-corrected chi connectivity index (χ4v) is 3.65. The van der Waals surface area contributed by atoms with Gasteiger partial charge in [0.2, 0.25) is 0 Å². The van der Waals surface area contributed by atoms with Gasteiger partial charge < -0.3 is 9.84 Å². The fourth-order valence-electron chi connectivity index (χ4n) is 3.65. The first kappa shape index (κ1) is 23.4. The van der Waals surface area contributed by atoms with E-state index >= 15 is 0 Å². The van der Waals surface area contributed by atoms with Crippen LogP contribution in [0.15, 0.2) is 24.3 Å². The highest BCUT2D eigenvalue weighted by molar-refractivity contribution is 5.83. The minimum absolute atomic E-state index is 0.127. The molecule has 1 aromatic carbocycles. The number of carbonyl (C=O) groups excluding carboxylic acids is 1. The van der Waals surface area contributed by atoms with E-state index in [0.29, 0.717) is 6.42 Å². The van der Waals surface area contributed by atoms with Crippen LogP contribution in [0.2, 0.25) is 0 Å². The van der Waals surface area contributed by atoms with Crippen molar-refractivity contribution in [1.82, 2.24) is 0 Å². The molecule has 4 nitrogen and oxygen atoms in total. The number of nitriles is 1. The highest BCUT2D eigenvalue weighted by Gasteiger charge is 2.44. The molecule has 1 fully saturated rings. The zero-order chi connectivity index (χ0) is 21.9. The van der Waals surface area contributed by atoms with Gasteiger partial charge in [-0.05, 0) is 76.3 Å². The van der Waals surface area contributed by atoms with Gasteiger partial charge in [-0.2, -0.15) is 5.26 Å². The van der Waals surface area contributed by atoms with Gasteiger partial charge in [0.15, 0.2) is 0 Å². The molecule has 2 rings (SSSR count). The van der Waals surface area contributed by atoms with Crippen LogP contribution >= 0.6 is 0 Å². The molecule has 0 heterocycles. The van der Waals surface area contributed by atoms with Crippen LogP contribution in [-0.2, 0) is 21.4 Å². The lowest BCUT2D eigenvalue weighted by Crippen LogP contribution is -2.39. The van der Waals surface area contributed by atoms with Gasteiger partial charge in [-0.15, -0.1) is 0 Å². The highest BCUT2D eigenvalue weighted by atomic mass is 16.6. The number of benzene rings is 1. The summed E-state index contributed by atoms with van der Waals surface area (Å²) in [6, 6.07) is 10.6. The van der Waals surface area contributed by atoms with Gasteiger partial charge in [0.05, 0.1) is 16.9 Å². The molecule has 0 amide bonds. The van der Waals surface area contributed by atoms with E-state index in [0.717, 1.165) is 43.2 Å². The van der Waals surface area contributed by atoms with Gasteiger partial charge in [-0.1, -0.05) is 44.5 Å². The number of hydrogen-bond donors (Lipinski definition) is 1. The van der Waals surface area contributed by atoms with Gasteiger partial charge in [-0.25, -0.2) is 0 Å². The summed E-state index contributed by atoms with van der Waals surface area (Å²) in [5.41, 5.74) is 0.345. The second-order valence-corrected chi connectivity index (χ2v) is 10.8. The molecule has 29 heavy (non-hydrogen) atoms. The average Bonchev–Trinajstić information content (AvgIpc) is 3.40. The molecule has 1 aliphatic rings. The Bertz CT molecular complexity index is 765. The second kappa shape index (κ2) is 8.48. The molecule has 1 aliphatic carbocycles. The Morgan fingerprint density at radius 2 is 1.83 bits per heavy atom. The van der Waals surface area contributed by atoms with Crippen molar-refractivity contribution in [2.45, 2.75) is 91.1 Å². The summed E-state index contributed by atoms with van der Waals surface area (Å²) < 4.78 is 5.80. The largest absolute Gasteiger partial charge is 0.459 e. The Balaban J connectivity index is 2.29. The number of nitrogens with zero attached hydrogens (tertiary/aromatic N) is 1. The summed E-state index contributed by atoms with van der Waals surface area (Å²) in [5.74, 6) is -0.217. The van der Waals surface area contributed by atoms with Gasteiger partial charge >= 0.3 is 5.97 Å². The minimum Gasteiger partial charge on any atom is -0.459 e. The fraction of sp³-hybridized carbons (Fsp3) is 0.680. The van der Waals surface area contributed by atoms with E-state index in [1.54, 1.807) is 0 Å². The average molecular weight is 400 g/mol. The van der Waals surface area contributed by atoms with Crippen molar-refractivity contribution >= 4 is 5.97 Å². The summed E-state index contributed by atoms with van der Waals surface area (Å²) in [4.78, 5) is 13.2. The third-order valence-electron chi connectivity index (χ3n) is 6.01. The predicted octanol–water partition coefficient (Wildman–Crippen LogP) is 5.32. The van der Waals surface area contributed by atoms with Crippen molar-refractivity contribution in [1.29, 1.82) is 5.26 Å². The van der Waals surface area contributed by atoms with E-state index in [1.165, 1.54) is 0 Å². The summed E-state index contributed by atoms with van der Waals surface area (Å²) in [6.45, 7) is 11.8. The van der Waals surface area contributed by atoms with Crippen molar-refractivity contribution in [2.75, 3.05) is 6.61 Å². The number of aliphatic hydroxyl groups is 1. The minimum atomic E-state index is -0.766. The van der Waals surface area contributed by atoms with E-state index in [4.69, 9.17) is 4.74 Å². The first-order chi connectivity index (χ1) is 13.3. The van der Waals surface area contributed by atoms with Gasteiger partial charge in [0.25, 0.3) is 0 Å². The topological polar surface area (TPSA) is 70.3 Å². The molecule has 0 aliphatic heterocycles. The summed E-state index contributed by atoms with van der Waals surface area (Å²) in [7, 11) is 0. The molecule has 1 atom stereocenters. The second-order valence-electron chi connectivity index (χ2n) is 10.8. The highest BCUT2D eigenvalue weighted by Crippen LogP contribution is 2.48. The van der Waals surface area contributed by atoms with Crippen LogP contribution in [0.3, 0.4) is 0 Å². The first-order valence-electron chi connectivity index (χ1n) is 10.7. The Labute approximate surface area is 176 Å². The standard InChI is InChI=1S/C25H37NO3/c1-22(2,3)29-21(28)24(6,12-8-11-23(4,5)18-27)20-10-7-9-19(15-20)16-25(17-26)13-14-25/h7,9-10,15,27H,8,11-14,16,18H2,1-6H3. The third kappa shape index (κ3) is 6.31. The normalized spacial score (nSPS) is 17.9. The Morgan fingerprint density at radius 3 is 2.34 bits per heavy atom. The molecule has 1 saturated carbocycles. The van der Waals surface area contributed by atoms with Gasteiger partial charge in [0, 0.05) is 6.61 Å². The number of esters is 1. The van der Waals surface area contributed by atoms with Crippen LogP contribution in [0.25, 0.3) is 0 Å². The number of rotatable bonds is 9. The lowest BCUT2D eigenvalue weighted by molar-refractivity contribution is -0.162. The lowest BCUT2D eigenvalue weighted by Gasteiger charge is -2.33. The number of aliphatic hydroxyl groups excluding tert-OH is 1. The zero-order valence-corrected chi connectivity index (χ0v) is 19.0. The maximum atomic E-state index is 13.2. The van der Waals surface area contributed by atoms with Crippen LogP contribution < -0.4 is 0 Å². The molecule has 1 aromatic rings. The van der Waals surface area contributed by atoms with E-state index < -0.39 is 11.0 Å². The quantitative estimate of drug-likeness (QED) is 0.570. The predicted molar refractivity (Wildman–Crippen MR) is 115 cm³/mol. The molecule has 160 valence electrons. The van der Waals surface area contributed by atoms with Crippen LogP contribution in [0.5, 0.6) is 0 Å². The Kier molecular flexibility index (Phi) is 6.85. The van der Waals surface area contributed by atoms with Crippen LogP contribution in [0.1, 0.15) is 84.8 Å². The molecule has 0 saturated heterocycles. The van der Waals surface area contributed by atoms with Crippen LogP contribution in [0, 0.1) is 22.2 Å². The maximum absolute atomic E-state index is 13.2. The SMILES string of the molecule is CC(C)(CO)CCCC(C)(C(=O)OC(C)(C)C)c1cccc(CC2(C#N)CC2)c1. The van der Waals surface area contributed by atoms with Crippen molar-refractivity contribution in [3.05, 3.63) is 35.4 Å². The van der Waals surface area contributed by atoms with E-state index in [2.05, 4.69) is 12.1 Å². The molecule has 1 unspecified atom stereocenters. The molecular weight excluding hydrogens is 362 g/mol. The van der Waals surface area contributed by atoms with E-state index in [-0.39, 0.29) is 23.4 Å². The molecule has 1 N–H and O–H groups in total. The van der Waals surface area contributed by atoms with Gasteiger partial charge in [0.1, 0.15) is 5.60 Å². The maximum Gasteiger partial charge on any atom is 0.316 e. The summed E-state index contributed by atoms with van der Waals surface area (Å²) in [5, 5.41) is 19.0. The Morgan fingerprint density at radius 1 is 1.17 bits per heavy atom. The van der Waals surface area contributed by atoms with Crippen LogP contribution in [-0.4, -0.2) is 23.3 Å². The first-order valence-corrected chi connectivity index (χ1v) is 10.7. The number of ether oxygens (including phenoxy) is 1. The molecule has 4 heteroatoms. The zero-order valence-electron chi connectivity index (χ0n) is 19.0. The van der Waals surface area contributed by atoms with Crippen LogP contribution in [0.4, 0.5) is 0 Å². The Hall–Kier alpha value is -1.86. The van der Waals surface area contributed by atoms with Crippen molar-refractivity contribution in [3.63, 3.8) is 0 Å². The molecule has 0 radical (unpaired) electrons. The van der Waals surface area contributed by atoms with Gasteiger partial charge in [-0.3, -0.25) is 4.79 Å². The smallest absolute Gasteiger partial charge is 0.316 e. The molecule has 0 aromatic heterocycles.